The number of hydrogen-bond acceptors (Lipinski definition) is 3. The molecule has 0 bridgehead atoms. The van der Waals surface area contributed by atoms with Gasteiger partial charge in [-0.05, 0) is 63.4 Å². The highest BCUT2D eigenvalue weighted by molar-refractivity contribution is 14.1. The number of nitrogens with one attached hydrogen (secondary N) is 1. The van der Waals surface area contributed by atoms with Crippen LogP contribution in [0.2, 0.25) is 0 Å². The van der Waals surface area contributed by atoms with Gasteiger partial charge in [-0.2, -0.15) is 0 Å². The Hall–Kier alpha value is 0.0700. The number of methoxy groups -OCH3 is 2. The topological polar surface area (TPSA) is 47.6 Å². The summed E-state index contributed by atoms with van der Waals surface area (Å²) in [6.45, 7) is 0.327. The van der Waals surface area contributed by atoms with E-state index in [-0.39, 0.29) is 5.91 Å². The minimum atomic E-state index is -0.417. The van der Waals surface area contributed by atoms with Crippen molar-refractivity contribution in [3.63, 3.8) is 0 Å². The van der Waals surface area contributed by atoms with E-state index in [0.29, 0.717) is 12.1 Å². The fraction of sp³-hybridized carbons (Fsp3) is 0.364. The lowest BCUT2D eigenvalue weighted by Crippen LogP contribution is -2.34. The number of amides is 1. The van der Waals surface area contributed by atoms with Gasteiger partial charge in [-0.25, -0.2) is 0 Å². The van der Waals surface area contributed by atoms with Crippen LogP contribution in [0.4, 0.5) is 0 Å². The highest BCUT2D eigenvalue weighted by Crippen LogP contribution is 2.15. The molecule has 0 aliphatic rings. The molecule has 0 aromatic heterocycles. The predicted molar refractivity (Wildman–Crippen MR) is 82.0 cm³/mol. The largest absolute Gasteiger partial charge is 0.354 e. The molecule has 17 heavy (non-hydrogen) atoms. The Balaban J connectivity index is 2.66. The van der Waals surface area contributed by atoms with Crippen LogP contribution < -0.4 is 5.32 Å². The molecule has 94 valence electrons. The number of carbonyl (C=O) groups is 1. The normalized spacial score (nSPS) is 10.6. The number of hydrogen-bond donors (Lipinski definition) is 1. The second-order valence-electron chi connectivity index (χ2n) is 3.24. The molecule has 0 saturated heterocycles. The zero-order valence-corrected chi connectivity index (χ0v) is 13.8. The fourth-order valence-corrected chi connectivity index (χ4v) is 2.28. The summed E-state index contributed by atoms with van der Waals surface area (Å²) in [4.78, 5) is 11.9. The molecule has 0 atom stereocenters. The first kappa shape index (κ1) is 15.1. The molecule has 0 unspecified atom stereocenters. The number of carbonyl (C=O) groups excluding carboxylic acids is 1. The van der Waals surface area contributed by atoms with Gasteiger partial charge in [0.2, 0.25) is 0 Å². The van der Waals surface area contributed by atoms with Crippen LogP contribution in [0.25, 0.3) is 0 Å². The van der Waals surface area contributed by atoms with Gasteiger partial charge < -0.3 is 14.8 Å². The molecule has 4 nitrogen and oxygen atoms in total. The third kappa shape index (κ3) is 4.68. The van der Waals surface area contributed by atoms with E-state index in [9.17, 15) is 4.79 Å². The molecule has 6 heteroatoms. The van der Waals surface area contributed by atoms with Crippen LogP contribution in [0.3, 0.4) is 0 Å². The summed E-state index contributed by atoms with van der Waals surface area (Å²) < 4.78 is 12.0. The van der Waals surface area contributed by atoms with Crippen molar-refractivity contribution in [1.82, 2.24) is 5.32 Å². The predicted octanol–water partition coefficient (Wildman–Crippen LogP) is 2.24. The number of rotatable bonds is 5. The van der Waals surface area contributed by atoms with Crippen molar-refractivity contribution in [2.24, 2.45) is 0 Å². The van der Waals surface area contributed by atoms with Crippen LogP contribution >= 0.6 is 45.2 Å². The third-order valence-corrected chi connectivity index (χ3v) is 3.74. The monoisotopic (exact) mass is 461 g/mol. The highest BCUT2D eigenvalue weighted by Gasteiger charge is 2.12. The molecule has 1 aromatic carbocycles. The molecular formula is C11H13I2NO3. The summed E-state index contributed by atoms with van der Waals surface area (Å²) in [5.74, 6) is -0.119. The van der Waals surface area contributed by atoms with E-state index in [0.717, 1.165) is 7.14 Å². The van der Waals surface area contributed by atoms with E-state index in [1.165, 1.54) is 14.2 Å². The molecule has 0 aliphatic heterocycles. The summed E-state index contributed by atoms with van der Waals surface area (Å²) in [6, 6.07) is 5.74. The van der Waals surface area contributed by atoms with Crippen molar-refractivity contribution in [2.45, 2.75) is 6.29 Å². The van der Waals surface area contributed by atoms with Gasteiger partial charge in [0.25, 0.3) is 5.91 Å². The Kier molecular flexibility index (Phi) is 6.67. The molecular weight excluding hydrogens is 448 g/mol. The van der Waals surface area contributed by atoms with Gasteiger partial charge in [-0.3, -0.25) is 4.79 Å². The first-order valence-electron chi connectivity index (χ1n) is 4.87. The minimum absolute atomic E-state index is 0.119. The number of ether oxygens (including phenoxy) is 2. The molecule has 1 amide bonds. The maximum atomic E-state index is 11.9. The van der Waals surface area contributed by atoms with Crippen LogP contribution in [0.1, 0.15) is 10.4 Å². The van der Waals surface area contributed by atoms with Gasteiger partial charge in [0.05, 0.1) is 12.1 Å². The third-order valence-electron chi connectivity index (χ3n) is 2.13. The molecule has 0 heterocycles. The van der Waals surface area contributed by atoms with Gasteiger partial charge in [0.1, 0.15) is 0 Å². The molecule has 0 spiro atoms. The van der Waals surface area contributed by atoms with E-state index < -0.39 is 6.29 Å². The first-order chi connectivity index (χ1) is 8.08. The SMILES string of the molecule is COC(CNC(=O)c1cc(I)ccc1I)OC. The van der Waals surface area contributed by atoms with E-state index in [1.807, 2.05) is 18.2 Å². The average Bonchev–Trinajstić information content (AvgIpc) is 2.33. The highest BCUT2D eigenvalue weighted by atomic mass is 127. The number of benzene rings is 1. The van der Waals surface area contributed by atoms with Crippen LogP contribution in [-0.2, 0) is 9.47 Å². The van der Waals surface area contributed by atoms with Gasteiger partial charge in [-0.1, -0.05) is 0 Å². The summed E-state index contributed by atoms with van der Waals surface area (Å²) in [6.07, 6.45) is -0.417. The van der Waals surface area contributed by atoms with E-state index in [1.54, 1.807) is 0 Å². The Morgan fingerprint density at radius 2 is 2.00 bits per heavy atom. The molecule has 1 N–H and O–H groups in total. The lowest BCUT2D eigenvalue weighted by atomic mass is 10.2. The Morgan fingerprint density at radius 1 is 1.35 bits per heavy atom. The van der Waals surface area contributed by atoms with Crippen molar-refractivity contribution in [3.8, 4) is 0 Å². The van der Waals surface area contributed by atoms with Gasteiger partial charge >= 0.3 is 0 Å². The van der Waals surface area contributed by atoms with Crippen molar-refractivity contribution in [3.05, 3.63) is 30.9 Å². The summed E-state index contributed by atoms with van der Waals surface area (Å²) >= 11 is 4.32. The fourth-order valence-electron chi connectivity index (χ4n) is 1.21. The quantitative estimate of drug-likeness (QED) is 0.541. The maximum absolute atomic E-state index is 11.9. The lowest BCUT2D eigenvalue weighted by molar-refractivity contribution is -0.0974. The van der Waals surface area contributed by atoms with Crippen molar-refractivity contribution in [1.29, 1.82) is 0 Å². The lowest BCUT2D eigenvalue weighted by Gasteiger charge is -2.14. The Bertz CT molecular complexity index is 394. The Labute approximate surface area is 128 Å². The molecule has 0 fully saturated rings. The van der Waals surface area contributed by atoms with Crippen LogP contribution in [0.5, 0.6) is 0 Å². The van der Waals surface area contributed by atoms with Crippen molar-refractivity contribution in [2.75, 3.05) is 20.8 Å². The van der Waals surface area contributed by atoms with E-state index in [4.69, 9.17) is 9.47 Å². The minimum Gasteiger partial charge on any atom is -0.354 e. The summed E-state index contributed by atoms with van der Waals surface area (Å²) in [5.41, 5.74) is 0.670. The van der Waals surface area contributed by atoms with Crippen LogP contribution in [-0.4, -0.2) is 33.0 Å². The zero-order valence-electron chi connectivity index (χ0n) is 9.50. The summed E-state index contributed by atoms with van der Waals surface area (Å²) in [5, 5.41) is 2.77. The Morgan fingerprint density at radius 3 is 2.59 bits per heavy atom. The second-order valence-corrected chi connectivity index (χ2v) is 5.64. The van der Waals surface area contributed by atoms with E-state index >= 15 is 0 Å². The zero-order chi connectivity index (χ0) is 12.8. The average molecular weight is 461 g/mol. The molecule has 1 rings (SSSR count). The summed E-state index contributed by atoms with van der Waals surface area (Å²) in [7, 11) is 3.07. The number of halogens is 2. The molecule has 0 aliphatic carbocycles. The van der Waals surface area contributed by atoms with Gasteiger partial charge in [0, 0.05) is 21.4 Å². The molecule has 0 radical (unpaired) electrons. The van der Waals surface area contributed by atoms with E-state index in [2.05, 4.69) is 50.5 Å². The van der Waals surface area contributed by atoms with Gasteiger partial charge in [0.15, 0.2) is 6.29 Å². The maximum Gasteiger partial charge on any atom is 0.252 e. The molecule has 0 saturated carbocycles. The van der Waals surface area contributed by atoms with Crippen LogP contribution in [0.15, 0.2) is 18.2 Å². The van der Waals surface area contributed by atoms with Crippen molar-refractivity contribution < 1.29 is 14.3 Å². The van der Waals surface area contributed by atoms with Gasteiger partial charge in [-0.15, -0.1) is 0 Å². The standard InChI is InChI=1S/C11H13I2NO3/c1-16-10(17-2)6-14-11(15)8-5-7(12)3-4-9(8)13/h3-5,10H,6H2,1-2H3,(H,14,15). The van der Waals surface area contributed by atoms with Crippen molar-refractivity contribution >= 4 is 51.1 Å². The second kappa shape index (κ2) is 7.49. The first-order valence-corrected chi connectivity index (χ1v) is 7.03. The smallest absolute Gasteiger partial charge is 0.252 e. The van der Waals surface area contributed by atoms with Crippen LogP contribution in [0, 0.1) is 7.14 Å². The molecule has 1 aromatic rings.